The Morgan fingerprint density at radius 2 is 1.52 bits per heavy atom. The van der Waals surface area contributed by atoms with Gasteiger partial charge in [-0.1, -0.05) is 71.8 Å². The summed E-state index contributed by atoms with van der Waals surface area (Å²) in [6.45, 7) is 2.48. The third-order valence-corrected chi connectivity index (χ3v) is 6.47. The highest BCUT2D eigenvalue weighted by Crippen LogP contribution is 2.27. The Morgan fingerprint density at radius 3 is 2.27 bits per heavy atom. The van der Waals surface area contributed by atoms with E-state index in [0.717, 1.165) is 16.3 Å². The van der Waals surface area contributed by atoms with Crippen molar-refractivity contribution in [2.24, 2.45) is 5.10 Å². The Morgan fingerprint density at radius 1 is 0.825 bits per heavy atom. The highest BCUT2D eigenvalue weighted by Gasteiger charge is 2.14. The molecule has 1 amide bonds. The third kappa shape index (κ3) is 6.54. The van der Waals surface area contributed by atoms with Crippen molar-refractivity contribution in [1.82, 2.24) is 5.43 Å². The van der Waals surface area contributed by atoms with Gasteiger partial charge in [-0.25, -0.2) is 10.2 Å². The number of aryl methyl sites for hydroxylation is 1. The van der Waals surface area contributed by atoms with Crippen molar-refractivity contribution in [3.05, 3.63) is 142 Å². The summed E-state index contributed by atoms with van der Waals surface area (Å²) in [4.78, 5) is 25.5. The van der Waals surface area contributed by atoms with Gasteiger partial charge in [0.15, 0.2) is 0 Å². The van der Waals surface area contributed by atoms with Gasteiger partial charge in [0.2, 0.25) is 0 Å². The summed E-state index contributed by atoms with van der Waals surface area (Å²) in [6, 6.07) is 32.6. The highest BCUT2D eigenvalue weighted by molar-refractivity contribution is 6.30. The summed E-state index contributed by atoms with van der Waals surface area (Å²) < 4.78 is 11.5. The van der Waals surface area contributed by atoms with Gasteiger partial charge in [0.25, 0.3) is 5.91 Å². The van der Waals surface area contributed by atoms with Crippen molar-refractivity contribution in [2.45, 2.75) is 13.5 Å². The van der Waals surface area contributed by atoms with Crippen molar-refractivity contribution in [2.75, 3.05) is 0 Å². The number of fused-ring (bicyclic) bond motifs is 1. The Labute approximate surface area is 236 Å². The Hall–Kier alpha value is -4.94. The van der Waals surface area contributed by atoms with Gasteiger partial charge >= 0.3 is 5.97 Å². The first kappa shape index (κ1) is 26.7. The van der Waals surface area contributed by atoms with Crippen molar-refractivity contribution in [3.8, 4) is 11.5 Å². The minimum Gasteiger partial charge on any atom is -0.489 e. The maximum atomic E-state index is 12.8. The van der Waals surface area contributed by atoms with Gasteiger partial charge in [-0.3, -0.25) is 4.79 Å². The van der Waals surface area contributed by atoms with Gasteiger partial charge < -0.3 is 9.47 Å². The molecule has 5 rings (SSSR count). The molecule has 5 aromatic rings. The van der Waals surface area contributed by atoms with E-state index in [-0.39, 0.29) is 5.91 Å². The fourth-order valence-corrected chi connectivity index (χ4v) is 4.14. The molecule has 5 aromatic carbocycles. The fraction of sp³-hybridized carbons (Fsp3) is 0.0606. The van der Waals surface area contributed by atoms with Crippen LogP contribution < -0.4 is 14.9 Å². The number of hydrazone groups is 1. The zero-order chi connectivity index (χ0) is 27.9. The molecule has 0 heterocycles. The number of halogens is 1. The average molecular weight is 549 g/mol. The van der Waals surface area contributed by atoms with Gasteiger partial charge in [-0.05, 0) is 77.9 Å². The first-order valence-electron chi connectivity index (χ1n) is 12.6. The summed E-state index contributed by atoms with van der Waals surface area (Å²) in [7, 11) is 0. The number of esters is 1. The van der Waals surface area contributed by atoms with Crippen molar-refractivity contribution >= 4 is 40.5 Å². The molecule has 0 aliphatic heterocycles. The first-order chi connectivity index (χ1) is 19.5. The van der Waals surface area contributed by atoms with Crippen LogP contribution in [0.25, 0.3) is 10.8 Å². The standard InChI is InChI=1S/C33H25ClN2O4/c1-22-6-8-23(9-7-22)21-39-28-17-12-25(13-18-28)32(37)36-35-20-30-29-5-3-2-4-24(29)14-19-31(30)40-33(38)26-10-15-27(34)16-11-26/h2-20H,21H2,1H3,(H,36,37). The summed E-state index contributed by atoms with van der Waals surface area (Å²) in [5, 5.41) is 6.43. The molecular formula is C33H25ClN2O4. The van der Waals surface area contributed by atoms with E-state index in [0.29, 0.717) is 39.8 Å². The largest absolute Gasteiger partial charge is 0.489 e. The number of nitrogens with zero attached hydrogens (tertiary/aromatic N) is 1. The Balaban J connectivity index is 1.28. The normalized spacial score (nSPS) is 10.9. The lowest BCUT2D eigenvalue weighted by Crippen LogP contribution is -2.17. The smallest absolute Gasteiger partial charge is 0.343 e. The van der Waals surface area contributed by atoms with Gasteiger partial charge in [0.1, 0.15) is 18.1 Å². The van der Waals surface area contributed by atoms with Crippen molar-refractivity contribution < 1.29 is 19.1 Å². The molecule has 0 unspecified atom stereocenters. The average Bonchev–Trinajstić information content (AvgIpc) is 2.98. The van der Waals surface area contributed by atoms with E-state index in [1.165, 1.54) is 11.8 Å². The molecule has 7 heteroatoms. The van der Waals surface area contributed by atoms with Crippen LogP contribution in [-0.2, 0) is 6.61 Å². The summed E-state index contributed by atoms with van der Waals surface area (Å²) >= 11 is 5.93. The number of hydrogen-bond donors (Lipinski definition) is 1. The number of rotatable bonds is 8. The first-order valence-corrected chi connectivity index (χ1v) is 13.0. The molecule has 0 atom stereocenters. The summed E-state index contributed by atoms with van der Waals surface area (Å²) in [6.07, 6.45) is 1.48. The topological polar surface area (TPSA) is 77.0 Å². The molecule has 0 aliphatic carbocycles. The number of carbonyl (C=O) groups is 2. The van der Waals surface area contributed by atoms with E-state index in [1.54, 1.807) is 54.6 Å². The quantitative estimate of drug-likeness (QED) is 0.0950. The second kappa shape index (κ2) is 12.3. The fourth-order valence-electron chi connectivity index (χ4n) is 4.02. The van der Waals surface area contributed by atoms with E-state index in [4.69, 9.17) is 21.1 Å². The summed E-state index contributed by atoms with van der Waals surface area (Å²) in [5.74, 6) is 0.0480. The predicted octanol–water partition coefficient (Wildman–Crippen LogP) is 7.36. The molecule has 0 spiro atoms. The number of hydrogen-bond acceptors (Lipinski definition) is 5. The molecule has 0 aromatic heterocycles. The minimum absolute atomic E-state index is 0.312. The maximum absolute atomic E-state index is 12.8. The second-order valence-electron chi connectivity index (χ2n) is 9.09. The predicted molar refractivity (Wildman–Crippen MR) is 157 cm³/mol. The van der Waals surface area contributed by atoms with Crippen LogP contribution in [0.15, 0.2) is 114 Å². The summed E-state index contributed by atoms with van der Waals surface area (Å²) in [5.41, 5.74) is 6.14. The van der Waals surface area contributed by atoms with Crippen LogP contribution >= 0.6 is 11.6 Å². The number of carbonyl (C=O) groups excluding carboxylic acids is 2. The van der Waals surface area contributed by atoms with Crippen LogP contribution in [0.1, 0.15) is 37.4 Å². The molecule has 1 N–H and O–H groups in total. The molecule has 40 heavy (non-hydrogen) atoms. The van der Waals surface area contributed by atoms with E-state index in [9.17, 15) is 9.59 Å². The number of ether oxygens (including phenoxy) is 2. The van der Waals surface area contributed by atoms with Crippen LogP contribution in [0, 0.1) is 6.92 Å². The molecule has 0 bridgehead atoms. The van der Waals surface area contributed by atoms with Crippen LogP contribution in [0.2, 0.25) is 5.02 Å². The van der Waals surface area contributed by atoms with E-state index in [1.807, 2.05) is 61.5 Å². The molecule has 0 aliphatic rings. The number of amides is 1. The van der Waals surface area contributed by atoms with Gasteiger partial charge in [-0.15, -0.1) is 0 Å². The van der Waals surface area contributed by atoms with E-state index >= 15 is 0 Å². The number of nitrogens with one attached hydrogen (secondary N) is 1. The van der Waals surface area contributed by atoms with E-state index < -0.39 is 5.97 Å². The second-order valence-corrected chi connectivity index (χ2v) is 9.53. The number of benzene rings is 5. The SMILES string of the molecule is Cc1ccc(COc2ccc(C(=O)NN=Cc3c(OC(=O)c4ccc(Cl)cc4)ccc4ccccc34)cc2)cc1. The van der Waals surface area contributed by atoms with Crippen LogP contribution in [0.4, 0.5) is 0 Å². The van der Waals surface area contributed by atoms with Crippen LogP contribution in [0.3, 0.4) is 0 Å². The van der Waals surface area contributed by atoms with Crippen LogP contribution in [-0.4, -0.2) is 18.1 Å². The monoisotopic (exact) mass is 548 g/mol. The van der Waals surface area contributed by atoms with Gasteiger partial charge in [0.05, 0.1) is 11.8 Å². The molecular weight excluding hydrogens is 524 g/mol. The van der Waals surface area contributed by atoms with E-state index in [2.05, 4.69) is 10.5 Å². The Kier molecular flexibility index (Phi) is 8.18. The molecule has 0 fully saturated rings. The Bertz CT molecular complexity index is 1680. The maximum Gasteiger partial charge on any atom is 0.343 e. The van der Waals surface area contributed by atoms with Gasteiger partial charge in [0, 0.05) is 16.1 Å². The van der Waals surface area contributed by atoms with Crippen molar-refractivity contribution in [3.63, 3.8) is 0 Å². The lowest BCUT2D eigenvalue weighted by atomic mass is 10.0. The lowest BCUT2D eigenvalue weighted by molar-refractivity contribution is 0.0734. The molecule has 0 radical (unpaired) electrons. The van der Waals surface area contributed by atoms with Gasteiger partial charge in [-0.2, -0.15) is 5.10 Å². The van der Waals surface area contributed by atoms with Crippen LogP contribution in [0.5, 0.6) is 11.5 Å². The zero-order valence-corrected chi connectivity index (χ0v) is 22.4. The highest BCUT2D eigenvalue weighted by atomic mass is 35.5. The zero-order valence-electron chi connectivity index (χ0n) is 21.6. The molecule has 0 saturated carbocycles. The minimum atomic E-state index is -0.532. The molecule has 198 valence electrons. The third-order valence-electron chi connectivity index (χ3n) is 6.22. The molecule has 6 nitrogen and oxygen atoms in total. The lowest BCUT2D eigenvalue weighted by Gasteiger charge is -2.11. The van der Waals surface area contributed by atoms with Crippen molar-refractivity contribution in [1.29, 1.82) is 0 Å². The molecule has 0 saturated heterocycles.